The average Bonchev–Trinajstić information content (AvgIpc) is 2.88. The summed E-state index contributed by atoms with van der Waals surface area (Å²) in [6, 6.07) is -0.143. The van der Waals surface area contributed by atoms with Crippen LogP contribution in [-0.4, -0.2) is 54.4 Å². The van der Waals surface area contributed by atoms with Crippen LogP contribution in [0, 0.1) is 5.92 Å². The second-order valence-electron chi connectivity index (χ2n) is 4.93. The van der Waals surface area contributed by atoms with E-state index < -0.39 is 11.9 Å². The van der Waals surface area contributed by atoms with E-state index in [0.717, 1.165) is 19.4 Å². The van der Waals surface area contributed by atoms with Gasteiger partial charge in [0.05, 0.1) is 12.0 Å². The van der Waals surface area contributed by atoms with Gasteiger partial charge in [-0.1, -0.05) is 6.92 Å². The van der Waals surface area contributed by atoms with Crippen molar-refractivity contribution in [3.05, 3.63) is 0 Å². The molecule has 0 aromatic carbocycles. The molecule has 0 aromatic heterocycles. The first kappa shape index (κ1) is 15.8. The predicted molar refractivity (Wildman–Crippen MR) is 71.0 cm³/mol. The summed E-state index contributed by atoms with van der Waals surface area (Å²) in [5.74, 6) is -1.27. The quantitative estimate of drug-likeness (QED) is 0.732. The minimum Gasteiger partial charge on any atom is -0.481 e. The summed E-state index contributed by atoms with van der Waals surface area (Å²) in [5.41, 5.74) is 0. The third-order valence-electron chi connectivity index (χ3n) is 3.39. The Bertz CT molecular complexity index is 303. The molecule has 0 saturated carbocycles. The van der Waals surface area contributed by atoms with E-state index in [9.17, 15) is 9.59 Å². The molecule has 0 aromatic rings. The van der Waals surface area contributed by atoms with Crippen molar-refractivity contribution in [3.8, 4) is 0 Å². The van der Waals surface area contributed by atoms with Crippen molar-refractivity contribution in [1.82, 2.24) is 10.2 Å². The molecule has 1 aliphatic heterocycles. The van der Waals surface area contributed by atoms with Gasteiger partial charge in [-0.15, -0.1) is 0 Å². The molecule has 110 valence electrons. The van der Waals surface area contributed by atoms with Gasteiger partial charge < -0.3 is 20.1 Å². The molecule has 6 heteroatoms. The number of aliphatic carboxylic acids is 1. The van der Waals surface area contributed by atoms with Crippen LogP contribution in [0.4, 0.5) is 4.79 Å². The zero-order valence-electron chi connectivity index (χ0n) is 11.7. The van der Waals surface area contributed by atoms with E-state index in [1.54, 1.807) is 11.8 Å². The summed E-state index contributed by atoms with van der Waals surface area (Å²) in [5, 5.41) is 11.5. The van der Waals surface area contributed by atoms with E-state index in [-0.39, 0.29) is 12.1 Å². The average molecular weight is 272 g/mol. The van der Waals surface area contributed by atoms with E-state index in [1.165, 1.54) is 0 Å². The highest BCUT2D eigenvalue weighted by Crippen LogP contribution is 2.13. The number of hydrogen-bond acceptors (Lipinski definition) is 3. The Morgan fingerprint density at radius 2 is 2.26 bits per heavy atom. The van der Waals surface area contributed by atoms with Crippen molar-refractivity contribution in [2.24, 2.45) is 5.92 Å². The number of carboxylic acid groups (broad SMARTS) is 1. The fourth-order valence-corrected chi connectivity index (χ4v) is 2.02. The van der Waals surface area contributed by atoms with Gasteiger partial charge in [0.15, 0.2) is 0 Å². The first-order valence-corrected chi connectivity index (χ1v) is 6.91. The summed E-state index contributed by atoms with van der Waals surface area (Å²) in [6.45, 7) is 5.96. The van der Waals surface area contributed by atoms with Gasteiger partial charge >= 0.3 is 12.0 Å². The molecule has 6 nitrogen and oxygen atoms in total. The van der Waals surface area contributed by atoms with Crippen LogP contribution in [0.1, 0.15) is 33.1 Å². The highest BCUT2D eigenvalue weighted by Gasteiger charge is 2.21. The summed E-state index contributed by atoms with van der Waals surface area (Å²) in [4.78, 5) is 24.3. The molecular weight excluding hydrogens is 248 g/mol. The summed E-state index contributed by atoms with van der Waals surface area (Å²) in [7, 11) is 0. The lowest BCUT2D eigenvalue weighted by Crippen LogP contribution is -2.44. The molecule has 0 spiro atoms. The lowest BCUT2D eigenvalue weighted by Gasteiger charge is -2.24. The van der Waals surface area contributed by atoms with Gasteiger partial charge in [0.1, 0.15) is 0 Å². The Labute approximate surface area is 114 Å². The van der Waals surface area contributed by atoms with Crippen LogP contribution in [0.2, 0.25) is 0 Å². The van der Waals surface area contributed by atoms with Crippen LogP contribution in [0.15, 0.2) is 0 Å². The first-order chi connectivity index (χ1) is 9.04. The molecule has 2 atom stereocenters. The normalized spacial score (nSPS) is 20.0. The Hall–Kier alpha value is -1.30. The van der Waals surface area contributed by atoms with Crippen molar-refractivity contribution in [2.45, 2.75) is 39.2 Å². The Morgan fingerprint density at radius 1 is 1.53 bits per heavy atom. The number of rotatable bonds is 7. The number of carbonyl (C=O) groups is 2. The SMILES string of the molecule is CCN(CC1CCCO1)C(=O)NCCC(C)C(=O)O. The number of nitrogens with one attached hydrogen (secondary N) is 1. The van der Waals surface area contributed by atoms with Crippen LogP contribution >= 0.6 is 0 Å². The topological polar surface area (TPSA) is 78.9 Å². The summed E-state index contributed by atoms with van der Waals surface area (Å²) >= 11 is 0. The molecule has 1 saturated heterocycles. The van der Waals surface area contributed by atoms with Gasteiger partial charge in [-0.3, -0.25) is 4.79 Å². The minimum absolute atomic E-state index is 0.142. The van der Waals surface area contributed by atoms with Gasteiger partial charge in [-0.2, -0.15) is 0 Å². The second-order valence-corrected chi connectivity index (χ2v) is 4.93. The zero-order chi connectivity index (χ0) is 14.3. The monoisotopic (exact) mass is 272 g/mol. The number of amides is 2. The maximum atomic E-state index is 11.9. The third kappa shape index (κ3) is 5.46. The number of ether oxygens (including phenoxy) is 1. The summed E-state index contributed by atoms with van der Waals surface area (Å²) < 4.78 is 5.51. The van der Waals surface area contributed by atoms with Crippen molar-refractivity contribution in [1.29, 1.82) is 0 Å². The molecule has 0 bridgehead atoms. The van der Waals surface area contributed by atoms with Crippen LogP contribution in [0.5, 0.6) is 0 Å². The van der Waals surface area contributed by atoms with Gasteiger partial charge in [0.2, 0.25) is 0 Å². The molecule has 0 aliphatic carbocycles. The van der Waals surface area contributed by atoms with Crippen LogP contribution < -0.4 is 5.32 Å². The van der Waals surface area contributed by atoms with Crippen molar-refractivity contribution >= 4 is 12.0 Å². The number of likely N-dealkylation sites (N-methyl/N-ethyl adjacent to an activating group) is 1. The largest absolute Gasteiger partial charge is 0.481 e. The fourth-order valence-electron chi connectivity index (χ4n) is 2.02. The van der Waals surface area contributed by atoms with Crippen LogP contribution in [0.3, 0.4) is 0 Å². The maximum Gasteiger partial charge on any atom is 0.317 e. The first-order valence-electron chi connectivity index (χ1n) is 6.91. The molecule has 1 aliphatic rings. The molecule has 1 rings (SSSR count). The molecule has 1 fully saturated rings. The second kappa shape index (κ2) is 7.99. The van der Waals surface area contributed by atoms with Gasteiger partial charge in [-0.25, -0.2) is 4.79 Å². The highest BCUT2D eigenvalue weighted by molar-refractivity contribution is 5.74. The van der Waals surface area contributed by atoms with E-state index in [0.29, 0.717) is 26.1 Å². The van der Waals surface area contributed by atoms with E-state index in [2.05, 4.69) is 5.32 Å². The molecule has 19 heavy (non-hydrogen) atoms. The lowest BCUT2D eigenvalue weighted by atomic mass is 10.1. The van der Waals surface area contributed by atoms with Gasteiger partial charge in [0, 0.05) is 26.2 Å². The van der Waals surface area contributed by atoms with Crippen LogP contribution in [0.25, 0.3) is 0 Å². The van der Waals surface area contributed by atoms with Crippen molar-refractivity contribution < 1.29 is 19.4 Å². The number of urea groups is 1. The molecule has 1 heterocycles. The highest BCUT2D eigenvalue weighted by atomic mass is 16.5. The summed E-state index contributed by atoms with van der Waals surface area (Å²) in [6.07, 6.45) is 2.64. The van der Waals surface area contributed by atoms with E-state index in [4.69, 9.17) is 9.84 Å². The van der Waals surface area contributed by atoms with Crippen molar-refractivity contribution in [2.75, 3.05) is 26.2 Å². The smallest absolute Gasteiger partial charge is 0.317 e. The Balaban J connectivity index is 2.26. The van der Waals surface area contributed by atoms with E-state index in [1.807, 2.05) is 6.92 Å². The van der Waals surface area contributed by atoms with Crippen LogP contribution in [-0.2, 0) is 9.53 Å². The zero-order valence-corrected chi connectivity index (χ0v) is 11.7. The van der Waals surface area contributed by atoms with E-state index >= 15 is 0 Å². The Kier molecular flexibility index (Phi) is 6.62. The van der Waals surface area contributed by atoms with Gasteiger partial charge in [0.25, 0.3) is 0 Å². The molecule has 2 amide bonds. The molecule has 0 radical (unpaired) electrons. The molecular formula is C13H24N2O4. The number of carbonyl (C=O) groups excluding carboxylic acids is 1. The lowest BCUT2D eigenvalue weighted by molar-refractivity contribution is -0.141. The number of nitrogens with zero attached hydrogens (tertiary/aromatic N) is 1. The Morgan fingerprint density at radius 3 is 2.79 bits per heavy atom. The maximum absolute atomic E-state index is 11.9. The van der Waals surface area contributed by atoms with Gasteiger partial charge in [-0.05, 0) is 26.2 Å². The standard InChI is InChI=1S/C13H24N2O4/c1-3-15(9-11-5-4-8-19-11)13(18)14-7-6-10(2)12(16)17/h10-11H,3-9H2,1-2H3,(H,14,18)(H,16,17). The molecule has 2 N–H and O–H groups in total. The number of hydrogen-bond donors (Lipinski definition) is 2. The van der Waals surface area contributed by atoms with Crippen molar-refractivity contribution in [3.63, 3.8) is 0 Å². The third-order valence-corrected chi connectivity index (χ3v) is 3.39. The predicted octanol–water partition coefficient (Wildman–Crippen LogP) is 1.31. The molecule has 2 unspecified atom stereocenters. The number of carboxylic acids is 1. The fraction of sp³-hybridized carbons (Fsp3) is 0.846. The minimum atomic E-state index is -0.832.